The molecule has 270 valence electrons. The molecule has 0 aliphatic rings. The van der Waals surface area contributed by atoms with Crippen LogP contribution in [0, 0.1) is 5.41 Å². The lowest BCUT2D eigenvalue weighted by Crippen LogP contribution is -2.58. The lowest BCUT2D eigenvalue weighted by Gasteiger charge is -2.30. The Morgan fingerprint density at radius 3 is 1.80 bits per heavy atom. The van der Waals surface area contributed by atoms with Crippen molar-refractivity contribution in [3.05, 3.63) is 65.7 Å². The van der Waals surface area contributed by atoms with E-state index in [4.69, 9.17) is 14.2 Å². The molecule has 0 saturated carbocycles. The largest absolute Gasteiger partial charge is 0.488 e. The zero-order valence-electron chi connectivity index (χ0n) is 30.2. The Morgan fingerprint density at radius 2 is 1.27 bits per heavy atom. The van der Waals surface area contributed by atoms with Crippen LogP contribution < -0.4 is 20.7 Å². The highest BCUT2D eigenvalue weighted by Crippen LogP contribution is 2.21. The molecule has 0 aliphatic heterocycles. The minimum Gasteiger partial charge on any atom is -0.488 e. The number of alkyl carbamates (subject to hydrolysis) is 1. The molecule has 0 radical (unpaired) electrons. The first-order chi connectivity index (χ1) is 22.6. The first kappa shape index (κ1) is 40.6. The molecule has 2 aromatic rings. The lowest BCUT2D eigenvalue weighted by atomic mass is 9.86. The Bertz CT molecular complexity index is 1410. The number of carboxylic acids is 1. The quantitative estimate of drug-likeness (QED) is 0.182. The van der Waals surface area contributed by atoms with Crippen molar-refractivity contribution in [2.75, 3.05) is 0 Å². The Kier molecular flexibility index (Phi) is 14.6. The van der Waals surface area contributed by atoms with Crippen molar-refractivity contribution >= 4 is 29.8 Å². The molecule has 2 aromatic carbocycles. The van der Waals surface area contributed by atoms with Crippen LogP contribution in [-0.2, 0) is 41.7 Å². The maximum Gasteiger partial charge on any atom is 0.408 e. The number of esters is 1. The highest BCUT2D eigenvalue weighted by Gasteiger charge is 2.36. The third-order valence-electron chi connectivity index (χ3n) is 6.98. The first-order valence-corrected chi connectivity index (χ1v) is 16.4. The van der Waals surface area contributed by atoms with E-state index in [1.807, 2.05) is 63.2 Å². The fourth-order valence-corrected chi connectivity index (χ4v) is 4.65. The molecule has 0 heterocycles. The number of hydrogen-bond acceptors (Lipinski definition) is 8. The van der Waals surface area contributed by atoms with Crippen molar-refractivity contribution in [1.82, 2.24) is 16.0 Å². The Morgan fingerprint density at radius 1 is 0.694 bits per heavy atom. The minimum absolute atomic E-state index is 0.0272. The molecule has 3 unspecified atom stereocenters. The molecule has 49 heavy (non-hydrogen) atoms. The fraction of sp³-hybridized carbons (Fsp3) is 0.541. The van der Waals surface area contributed by atoms with Gasteiger partial charge in [0.15, 0.2) is 0 Å². The van der Waals surface area contributed by atoms with Crippen molar-refractivity contribution in [2.45, 2.75) is 124 Å². The maximum absolute atomic E-state index is 13.8. The van der Waals surface area contributed by atoms with E-state index in [1.165, 1.54) is 0 Å². The normalized spacial score (nSPS) is 13.7. The van der Waals surface area contributed by atoms with E-state index in [1.54, 1.807) is 53.7 Å². The van der Waals surface area contributed by atoms with Gasteiger partial charge in [0.25, 0.3) is 0 Å². The van der Waals surface area contributed by atoms with E-state index in [0.29, 0.717) is 12.2 Å². The molecule has 4 N–H and O–H groups in total. The summed E-state index contributed by atoms with van der Waals surface area (Å²) >= 11 is 0. The number of aryl methyl sites for hydroxylation is 1. The number of nitrogens with one attached hydrogen (secondary N) is 3. The van der Waals surface area contributed by atoms with Crippen LogP contribution in [0.15, 0.2) is 54.6 Å². The third-order valence-corrected chi connectivity index (χ3v) is 6.98. The molecular weight excluding hydrogens is 630 g/mol. The number of ether oxygens (including phenoxy) is 3. The molecule has 12 nitrogen and oxygen atoms in total. The van der Waals surface area contributed by atoms with Gasteiger partial charge in [-0.05, 0) is 89.5 Å². The van der Waals surface area contributed by atoms with E-state index in [2.05, 4.69) is 16.0 Å². The van der Waals surface area contributed by atoms with Gasteiger partial charge in [-0.3, -0.25) is 14.4 Å². The molecule has 0 saturated heterocycles. The molecule has 3 atom stereocenters. The second-order valence-corrected chi connectivity index (χ2v) is 15.0. The monoisotopic (exact) mass is 683 g/mol. The van der Waals surface area contributed by atoms with Gasteiger partial charge in [-0.2, -0.15) is 0 Å². The van der Waals surface area contributed by atoms with Gasteiger partial charge in [0.05, 0.1) is 0 Å². The van der Waals surface area contributed by atoms with Gasteiger partial charge in [0.1, 0.15) is 41.7 Å². The van der Waals surface area contributed by atoms with Crippen molar-refractivity contribution in [1.29, 1.82) is 0 Å². The molecule has 2 rings (SSSR count). The van der Waals surface area contributed by atoms with Gasteiger partial charge >= 0.3 is 18.0 Å². The van der Waals surface area contributed by atoms with Gasteiger partial charge < -0.3 is 35.3 Å². The Balaban J connectivity index is 2.29. The Labute approximate surface area is 289 Å². The standard InChI is InChI=1S/C37H53N3O9/c1-35(2,3)30(33(44)45)40-32(43)27(21-22-29(41)49-37(7,8)9)38-31(42)28(39-34(46)47-23-25-13-11-10-12-14-25)20-17-24-15-18-26(19-16-24)48-36(4,5)6/h10-16,18-19,27-28,30H,17,20-23H2,1-9H3,(H,38,42)(H,39,46)(H,40,43)(H,44,45). The van der Waals surface area contributed by atoms with E-state index >= 15 is 0 Å². The summed E-state index contributed by atoms with van der Waals surface area (Å²) in [5, 5.41) is 17.5. The van der Waals surface area contributed by atoms with Crippen molar-refractivity contribution in [3.63, 3.8) is 0 Å². The van der Waals surface area contributed by atoms with Gasteiger partial charge in [-0.15, -0.1) is 0 Å². The number of carboxylic acid groups (broad SMARTS) is 1. The molecule has 3 amide bonds. The minimum atomic E-state index is -1.32. The third kappa shape index (κ3) is 15.9. The number of amides is 3. The molecule has 0 bridgehead atoms. The SMILES string of the molecule is CC(C)(C)OC(=O)CCC(NC(=O)C(CCc1ccc(OC(C)(C)C)cc1)NC(=O)OCc1ccccc1)C(=O)NC(C(=O)O)C(C)(C)C. The smallest absolute Gasteiger partial charge is 0.408 e. The van der Waals surface area contributed by atoms with E-state index in [9.17, 15) is 29.1 Å². The number of carbonyl (C=O) groups is 5. The molecule has 0 spiro atoms. The summed E-state index contributed by atoms with van der Waals surface area (Å²) in [5.74, 6) is -2.67. The highest BCUT2D eigenvalue weighted by atomic mass is 16.6. The highest BCUT2D eigenvalue weighted by molar-refractivity contribution is 5.93. The van der Waals surface area contributed by atoms with Crippen LogP contribution in [0.2, 0.25) is 0 Å². The predicted octanol–water partition coefficient (Wildman–Crippen LogP) is 5.31. The number of benzene rings is 2. The second kappa shape index (κ2) is 17.7. The van der Waals surface area contributed by atoms with E-state index < -0.39 is 59.0 Å². The van der Waals surface area contributed by atoms with Crippen molar-refractivity contribution in [2.24, 2.45) is 5.41 Å². The molecular formula is C37H53N3O9. The van der Waals surface area contributed by atoms with Crippen LogP contribution in [0.4, 0.5) is 4.79 Å². The molecule has 12 heteroatoms. The summed E-state index contributed by atoms with van der Waals surface area (Å²) in [6, 6.07) is 12.6. The first-order valence-electron chi connectivity index (χ1n) is 16.4. The zero-order valence-corrected chi connectivity index (χ0v) is 30.2. The Hall–Kier alpha value is -4.61. The summed E-state index contributed by atoms with van der Waals surface area (Å²) < 4.78 is 16.6. The van der Waals surface area contributed by atoms with Gasteiger partial charge in [0, 0.05) is 6.42 Å². The zero-order chi connectivity index (χ0) is 37.0. The van der Waals surface area contributed by atoms with Crippen LogP contribution >= 0.6 is 0 Å². The molecule has 0 aliphatic carbocycles. The van der Waals surface area contributed by atoms with E-state index in [0.717, 1.165) is 11.1 Å². The summed E-state index contributed by atoms with van der Waals surface area (Å²) in [4.78, 5) is 64.7. The number of hydrogen-bond donors (Lipinski definition) is 4. The van der Waals surface area contributed by atoms with Crippen molar-refractivity contribution in [3.8, 4) is 5.75 Å². The molecule has 0 fully saturated rings. The number of carbonyl (C=O) groups excluding carboxylic acids is 4. The summed E-state index contributed by atoms with van der Waals surface area (Å²) in [7, 11) is 0. The van der Waals surface area contributed by atoms with Crippen LogP contribution in [0.5, 0.6) is 5.75 Å². The van der Waals surface area contributed by atoms with Crippen LogP contribution in [0.1, 0.15) is 92.7 Å². The van der Waals surface area contributed by atoms with Gasteiger partial charge in [-0.1, -0.05) is 63.2 Å². The summed E-state index contributed by atoms with van der Waals surface area (Å²) in [6.07, 6.45) is -0.753. The van der Waals surface area contributed by atoms with Crippen LogP contribution in [0.25, 0.3) is 0 Å². The number of aliphatic carboxylic acids is 1. The summed E-state index contributed by atoms with van der Waals surface area (Å²) in [6.45, 7) is 15.9. The second-order valence-electron chi connectivity index (χ2n) is 15.0. The number of rotatable bonds is 15. The summed E-state index contributed by atoms with van der Waals surface area (Å²) in [5.41, 5.74) is -0.390. The van der Waals surface area contributed by atoms with Crippen LogP contribution in [-0.4, -0.2) is 64.3 Å². The lowest BCUT2D eigenvalue weighted by molar-refractivity contribution is -0.155. The van der Waals surface area contributed by atoms with Crippen molar-refractivity contribution < 1.29 is 43.3 Å². The topological polar surface area (TPSA) is 169 Å². The van der Waals surface area contributed by atoms with Crippen LogP contribution in [0.3, 0.4) is 0 Å². The average molecular weight is 684 g/mol. The maximum atomic E-state index is 13.8. The average Bonchev–Trinajstić information content (AvgIpc) is 2.97. The van der Waals surface area contributed by atoms with Gasteiger partial charge in [0.2, 0.25) is 11.8 Å². The van der Waals surface area contributed by atoms with E-state index in [-0.39, 0.29) is 31.5 Å². The molecule has 0 aromatic heterocycles. The predicted molar refractivity (Wildman–Crippen MR) is 185 cm³/mol. The fourth-order valence-electron chi connectivity index (χ4n) is 4.65. The van der Waals surface area contributed by atoms with Gasteiger partial charge in [-0.25, -0.2) is 9.59 Å².